The molecule has 2 aliphatic rings. The van der Waals surface area contributed by atoms with Crippen LogP contribution in [0.3, 0.4) is 0 Å². The van der Waals surface area contributed by atoms with Gasteiger partial charge in [0.1, 0.15) is 11.3 Å². The van der Waals surface area contributed by atoms with Crippen molar-refractivity contribution in [3.63, 3.8) is 0 Å². The van der Waals surface area contributed by atoms with Gasteiger partial charge in [0.25, 0.3) is 17.7 Å². The van der Waals surface area contributed by atoms with Gasteiger partial charge in [-0.05, 0) is 55.5 Å². The summed E-state index contributed by atoms with van der Waals surface area (Å²) in [7, 11) is 0. The van der Waals surface area contributed by atoms with Crippen LogP contribution in [0.5, 0.6) is 5.75 Å². The summed E-state index contributed by atoms with van der Waals surface area (Å²) in [5, 5.41) is 2.60. The first-order valence-electron chi connectivity index (χ1n) is 10.2. The van der Waals surface area contributed by atoms with Crippen LogP contribution in [0.25, 0.3) is 0 Å². The summed E-state index contributed by atoms with van der Waals surface area (Å²) in [5.74, 6) is -0.263. The molecule has 0 unspecified atom stereocenters. The number of ether oxygens (including phenoxy) is 1. The number of piperazine rings is 1. The van der Waals surface area contributed by atoms with E-state index in [2.05, 4.69) is 5.32 Å². The van der Waals surface area contributed by atoms with Gasteiger partial charge in [-0.15, -0.1) is 0 Å². The second-order valence-electron chi connectivity index (χ2n) is 7.17. The van der Waals surface area contributed by atoms with Crippen LogP contribution < -0.4 is 15.0 Å². The molecule has 2 aromatic rings. The first-order chi connectivity index (χ1) is 15.5. The van der Waals surface area contributed by atoms with E-state index in [1.54, 1.807) is 41.3 Å². The van der Waals surface area contributed by atoms with E-state index in [0.29, 0.717) is 44.2 Å². The first kappa shape index (κ1) is 21.6. The molecule has 2 fully saturated rings. The van der Waals surface area contributed by atoms with Gasteiger partial charge in [-0.3, -0.25) is 24.6 Å². The van der Waals surface area contributed by atoms with Gasteiger partial charge in [-0.1, -0.05) is 0 Å². The van der Waals surface area contributed by atoms with E-state index in [9.17, 15) is 14.4 Å². The monoisotopic (exact) mass is 454 g/mol. The van der Waals surface area contributed by atoms with Crippen LogP contribution in [0, 0.1) is 0 Å². The van der Waals surface area contributed by atoms with E-state index < -0.39 is 11.8 Å². The molecule has 0 bridgehead atoms. The van der Waals surface area contributed by atoms with Crippen molar-refractivity contribution in [2.45, 2.75) is 6.92 Å². The molecule has 0 spiro atoms. The van der Waals surface area contributed by atoms with E-state index >= 15 is 0 Å². The van der Waals surface area contributed by atoms with Crippen LogP contribution in [0.4, 0.5) is 5.69 Å². The number of furan rings is 1. The molecule has 0 aliphatic carbocycles. The maximum atomic E-state index is 13.1. The Kier molecular flexibility index (Phi) is 6.22. The highest BCUT2D eigenvalue weighted by Crippen LogP contribution is 2.24. The lowest BCUT2D eigenvalue weighted by Gasteiger charge is -2.35. The number of anilines is 1. The standard InChI is InChI=1S/C22H22N4O5S/c1-2-30-16-7-5-15(6-8-16)26-20(28)17(19(27)23-22(26)32)14-24-9-11-25(12-10-24)21(29)18-4-3-13-31-18/h3-8,13-14H,2,9-12H2,1H3,(H,23,27,32). The van der Waals surface area contributed by atoms with Gasteiger partial charge in [-0.25, -0.2) is 0 Å². The predicted molar refractivity (Wildman–Crippen MR) is 120 cm³/mol. The van der Waals surface area contributed by atoms with Crippen molar-refractivity contribution in [2.24, 2.45) is 0 Å². The summed E-state index contributed by atoms with van der Waals surface area (Å²) < 4.78 is 10.6. The van der Waals surface area contributed by atoms with Crippen molar-refractivity contribution in [1.29, 1.82) is 0 Å². The fraction of sp³-hybridized carbons (Fsp3) is 0.273. The molecule has 2 aliphatic heterocycles. The number of carbonyl (C=O) groups is 3. The highest BCUT2D eigenvalue weighted by molar-refractivity contribution is 7.80. The molecule has 3 amide bonds. The predicted octanol–water partition coefficient (Wildman–Crippen LogP) is 1.77. The number of thiocarbonyl (C=S) groups is 1. The van der Waals surface area contributed by atoms with Crippen molar-refractivity contribution in [3.8, 4) is 5.75 Å². The Morgan fingerprint density at radius 2 is 1.88 bits per heavy atom. The summed E-state index contributed by atoms with van der Waals surface area (Å²) >= 11 is 5.24. The van der Waals surface area contributed by atoms with Gasteiger partial charge < -0.3 is 19.0 Å². The summed E-state index contributed by atoms with van der Waals surface area (Å²) in [5.41, 5.74) is 0.515. The van der Waals surface area contributed by atoms with E-state index in [-0.39, 0.29) is 22.4 Å². The van der Waals surface area contributed by atoms with E-state index in [1.165, 1.54) is 17.4 Å². The van der Waals surface area contributed by atoms with Gasteiger partial charge in [0.15, 0.2) is 10.9 Å². The molecule has 10 heteroatoms. The number of hydrogen-bond acceptors (Lipinski definition) is 7. The van der Waals surface area contributed by atoms with Crippen molar-refractivity contribution in [2.75, 3.05) is 37.7 Å². The Bertz CT molecular complexity index is 1060. The van der Waals surface area contributed by atoms with Crippen molar-refractivity contribution >= 4 is 40.7 Å². The van der Waals surface area contributed by atoms with Crippen LogP contribution in [0.1, 0.15) is 17.5 Å². The maximum absolute atomic E-state index is 13.1. The van der Waals surface area contributed by atoms with E-state index in [0.717, 1.165) is 0 Å². The van der Waals surface area contributed by atoms with Gasteiger partial charge in [0, 0.05) is 32.4 Å². The molecule has 166 valence electrons. The highest BCUT2D eigenvalue weighted by atomic mass is 32.1. The van der Waals surface area contributed by atoms with Crippen LogP contribution in [-0.4, -0.2) is 65.4 Å². The Labute approximate surface area is 190 Å². The van der Waals surface area contributed by atoms with Crippen molar-refractivity contribution in [1.82, 2.24) is 15.1 Å². The molecule has 1 aromatic carbocycles. The average molecular weight is 455 g/mol. The fourth-order valence-corrected chi connectivity index (χ4v) is 3.81. The van der Waals surface area contributed by atoms with Crippen molar-refractivity contribution in [3.05, 3.63) is 60.2 Å². The van der Waals surface area contributed by atoms with Crippen LogP contribution in [-0.2, 0) is 9.59 Å². The number of hydrogen-bond donors (Lipinski definition) is 1. The maximum Gasteiger partial charge on any atom is 0.289 e. The molecular weight excluding hydrogens is 432 g/mol. The second-order valence-corrected chi connectivity index (χ2v) is 7.56. The number of nitrogens with one attached hydrogen (secondary N) is 1. The summed E-state index contributed by atoms with van der Waals surface area (Å²) in [6.45, 7) is 4.26. The zero-order chi connectivity index (χ0) is 22.7. The molecule has 0 atom stereocenters. The topological polar surface area (TPSA) is 95.3 Å². The van der Waals surface area contributed by atoms with E-state index in [1.807, 2.05) is 11.8 Å². The molecule has 1 aromatic heterocycles. The normalized spacial score (nSPS) is 18.2. The average Bonchev–Trinajstić information content (AvgIpc) is 3.33. The Morgan fingerprint density at radius 3 is 2.50 bits per heavy atom. The van der Waals surface area contributed by atoms with Crippen LogP contribution >= 0.6 is 12.2 Å². The largest absolute Gasteiger partial charge is 0.494 e. The molecule has 0 saturated carbocycles. The zero-order valence-corrected chi connectivity index (χ0v) is 18.3. The molecule has 9 nitrogen and oxygen atoms in total. The third kappa shape index (κ3) is 4.35. The minimum atomic E-state index is -0.545. The summed E-state index contributed by atoms with van der Waals surface area (Å²) in [4.78, 5) is 42.9. The molecule has 1 N–H and O–H groups in total. The lowest BCUT2D eigenvalue weighted by Crippen LogP contribution is -2.55. The molecule has 0 radical (unpaired) electrons. The quantitative estimate of drug-likeness (QED) is 0.418. The molecule has 3 heterocycles. The Morgan fingerprint density at radius 1 is 1.16 bits per heavy atom. The lowest BCUT2D eigenvalue weighted by atomic mass is 10.1. The zero-order valence-electron chi connectivity index (χ0n) is 17.4. The Hall–Kier alpha value is -3.66. The third-order valence-electron chi connectivity index (χ3n) is 5.15. The summed E-state index contributed by atoms with van der Waals surface area (Å²) in [6.07, 6.45) is 3.00. The molecular formula is C22H22N4O5S. The van der Waals surface area contributed by atoms with Gasteiger partial charge in [-0.2, -0.15) is 0 Å². The number of benzene rings is 1. The number of amides is 3. The minimum Gasteiger partial charge on any atom is -0.494 e. The number of rotatable bonds is 5. The van der Waals surface area contributed by atoms with Crippen LogP contribution in [0.15, 0.2) is 58.9 Å². The summed E-state index contributed by atoms with van der Waals surface area (Å²) in [6, 6.07) is 10.2. The smallest absolute Gasteiger partial charge is 0.289 e. The molecule has 4 rings (SSSR count). The lowest BCUT2D eigenvalue weighted by molar-refractivity contribution is -0.122. The van der Waals surface area contributed by atoms with Gasteiger partial charge in [0.2, 0.25) is 0 Å². The minimum absolute atomic E-state index is 0.0155. The van der Waals surface area contributed by atoms with E-state index in [4.69, 9.17) is 21.4 Å². The third-order valence-corrected chi connectivity index (χ3v) is 5.44. The number of carbonyl (C=O) groups excluding carboxylic acids is 3. The second kappa shape index (κ2) is 9.23. The fourth-order valence-electron chi connectivity index (χ4n) is 3.53. The highest BCUT2D eigenvalue weighted by Gasteiger charge is 2.35. The van der Waals surface area contributed by atoms with Gasteiger partial charge in [0.05, 0.1) is 18.6 Å². The molecule has 2 saturated heterocycles. The number of nitrogens with zero attached hydrogens (tertiary/aromatic N) is 3. The van der Waals surface area contributed by atoms with Gasteiger partial charge >= 0.3 is 0 Å². The van der Waals surface area contributed by atoms with Crippen molar-refractivity contribution < 1.29 is 23.5 Å². The SMILES string of the molecule is CCOc1ccc(N2C(=O)C(=CN3CCN(C(=O)c4ccco4)CC3)C(=O)NC2=S)cc1. The van der Waals surface area contributed by atoms with Crippen LogP contribution in [0.2, 0.25) is 0 Å². The first-order valence-corrected chi connectivity index (χ1v) is 10.6. The Balaban J connectivity index is 1.46. The molecule has 32 heavy (non-hydrogen) atoms.